The summed E-state index contributed by atoms with van der Waals surface area (Å²) in [4.78, 5) is 4.92. The Kier molecular flexibility index (Phi) is 5.28. The molecule has 0 saturated carbocycles. The molecule has 0 aliphatic heterocycles. The molecule has 0 aromatic rings. The van der Waals surface area contributed by atoms with Crippen molar-refractivity contribution in [3.8, 4) is 0 Å². The van der Waals surface area contributed by atoms with Crippen molar-refractivity contribution >= 4 is 0 Å². The Labute approximate surface area is 96.6 Å². The molecular weight excluding hydrogens is 184 g/mol. The highest BCUT2D eigenvalue weighted by atomic mass is 15.3. The van der Waals surface area contributed by atoms with Crippen LogP contribution in [-0.2, 0) is 0 Å². The van der Waals surface area contributed by atoms with Gasteiger partial charge in [-0.3, -0.25) is 9.80 Å². The van der Waals surface area contributed by atoms with Crippen LogP contribution in [0.3, 0.4) is 0 Å². The second-order valence-corrected chi connectivity index (χ2v) is 5.21. The summed E-state index contributed by atoms with van der Waals surface area (Å²) in [7, 11) is 4.45. The van der Waals surface area contributed by atoms with E-state index in [-0.39, 0.29) is 11.1 Å². The lowest BCUT2D eigenvalue weighted by Gasteiger charge is -2.53. The molecule has 0 heterocycles. The molecule has 0 spiro atoms. The van der Waals surface area contributed by atoms with E-state index in [9.17, 15) is 0 Å². The predicted octanol–water partition coefficient (Wildman–Crippen LogP) is 2.84. The third-order valence-electron chi connectivity index (χ3n) is 4.75. The molecule has 0 aliphatic rings. The van der Waals surface area contributed by atoms with Crippen LogP contribution >= 0.6 is 0 Å². The summed E-state index contributed by atoms with van der Waals surface area (Å²) >= 11 is 0. The molecule has 0 amide bonds. The predicted molar refractivity (Wildman–Crippen MR) is 69.4 cm³/mol. The average molecular weight is 214 g/mol. The van der Waals surface area contributed by atoms with Crippen LogP contribution in [0.25, 0.3) is 0 Å². The maximum absolute atomic E-state index is 2.47. The first-order valence-electron chi connectivity index (χ1n) is 6.20. The Morgan fingerprint density at radius 1 is 0.800 bits per heavy atom. The zero-order valence-corrected chi connectivity index (χ0v) is 12.0. The van der Waals surface area contributed by atoms with Crippen LogP contribution in [0, 0.1) is 0 Å². The van der Waals surface area contributed by atoms with Gasteiger partial charge in [0.15, 0.2) is 0 Å². The van der Waals surface area contributed by atoms with Crippen molar-refractivity contribution in [1.29, 1.82) is 0 Å². The summed E-state index contributed by atoms with van der Waals surface area (Å²) in [6.45, 7) is 16.0. The van der Waals surface area contributed by atoms with Gasteiger partial charge in [0, 0.05) is 11.1 Å². The topological polar surface area (TPSA) is 6.48 Å². The van der Waals surface area contributed by atoms with Crippen molar-refractivity contribution in [3.05, 3.63) is 0 Å². The van der Waals surface area contributed by atoms with Crippen LogP contribution < -0.4 is 0 Å². The SMILES string of the molecule is CCN(C)C(C)(C)C(C)(CC)N(C)CC. The molecule has 0 N–H and O–H groups in total. The first kappa shape index (κ1) is 14.9. The molecule has 0 rings (SSSR count). The van der Waals surface area contributed by atoms with Gasteiger partial charge in [0.25, 0.3) is 0 Å². The van der Waals surface area contributed by atoms with E-state index in [4.69, 9.17) is 0 Å². The zero-order valence-electron chi connectivity index (χ0n) is 12.0. The van der Waals surface area contributed by atoms with E-state index in [1.807, 2.05) is 0 Å². The van der Waals surface area contributed by atoms with Crippen LogP contribution in [0.5, 0.6) is 0 Å². The molecular formula is C13H30N2. The van der Waals surface area contributed by atoms with Crippen molar-refractivity contribution in [2.75, 3.05) is 27.2 Å². The maximum Gasteiger partial charge on any atom is 0.0353 e. The van der Waals surface area contributed by atoms with Crippen LogP contribution in [-0.4, -0.2) is 48.1 Å². The molecule has 0 radical (unpaired) electrons. The molecule has 1 atom stereocenters. The van der Waals surface area contributed by atoms with Gasteiger partial charge < -0.3 is 0 Å². The van der Waals surface area contributed by atoms with E-state index in [1.165, 1.54) is 6.42 Å². The smallest absolute Gasteiger partial charge is 0.0353 e. The van der Waals surface area contributed by atoms with E-state index in [0.29, 0.717) is 0 Å². The lowest BCUT2D eigenvalue weighted by atomic mass is 9.76. The first-order valence-corrected chi connectivity index (χ1v) is 6.20. The highest BCUT2D eigenvalue weighted by Gasteiger charge is 2.44. The minimum absolute atomic E-state index is 0.196. The number of nitrogens with zero attached hydrogens (tertiary/aromatic N) is 2. The largest absolute Gasteiger partial charge is 0.300 e. The first-order chi connectivity index (χ1) is 6.77. The standard InChI is InChI=1S/C13H30N2/c1-9-13(6,15(8)11-3)12(4,5)14(7)10-2/h9-11H2,1-8H3. The van der Waals surface area contributed by atoms with Gasteiger partial charge >= 0.3 is 0 Å². The average Bonchev–Trinajstić information content (AvgIpc) is 2.24. The molecule has 2 nitrogen and oxygen atoms in total. The van der Waals surface area contributed by atoms with Gasteiger partial charge in [-0.15, -0.1) is 0 Å². The number of hydrogen-bond acceptors (Lipinski definition) is 2. The van der Waals surface area contributed by atoms with Crippen LogP contribution in [0.4, 0.5) is 0 Å². The van der Waals surface area contributed by atoms with Crippen LogP contribution in [0.2, 0.25) is 0 Å². The molecule has 0 aliphatic carbocycles. The van der Waals surface area contributed by atoms with Gasteiger partial charge in [-0.25, -0.2) is 0 Å². The molecule has 2 heteroatoms. The van der Waals surface area contributed by atoms with E-state index in [2.05, 4.69) is 65.4 Å². The molecule has 0 bridgehead atoms. The number of likely N-dealkylation sites (N-methyl/N-ethyl adjacent to an activating group) is 2. The summed E-state index contributed by atoms with van der Waals surface area (Å²) in [5.74, 6) is 0. The third-order valence-corrected chi connectivity index (χ3v) is 4.75. The monoisotopic (exact) mass is 214 g/mol. The van der Waals surface area contributed by atoms with Gasteiger partial charge in [-0.05, 0) is 54.4 Å². The fourth-order valence-electron chi connectivity index (χ4n) is 2.33. The van der Waals surface area contributed by atoms with Gasteiger partial charge in [0.05, 0.1) is 0 Å². The molecule has 0 fully saturated rings. The normalized spacial score (nSPS) is 17.2. The molecule has 15 heavy (non-hydrogen) atoms. The zero-order chi connectivity index (χ0) is 12.3. The van der Waals surface area contributed by atoms with Crippen LogP contribution in [0.1, 0.15) is 48.0 Å². The van der Waals surface area contributed by atoms with Crippen molar-refractivity contribution in [2.24, 2.45) is 0 Å². The van der Waals surface area contributed by atoms with E-state index in [0.717, 1.165) is 13.1 Å². The number of hydrogen-bond donors (Lipinski definition) is 0. The van der Waals surface area contributed by atoms with Gasteiger partial charge in [0.1, 0.15) is 0 Å². The Morgan fingerprint density at radius 2 is 1.20 bits per heavy atom. The van der Waals surface area contributed by atoms with Crippen molar-refractivity contribution < 1.29 is 0 Å². The fourth-order valence-corrected chi connectivity index (χ4v) is 2.33. The Bertz CT molecular complexity index is 189. The molecule has 0 aromatic carbocycles. The van der Waals surface area contributed by atoms with Crippen LogP contribution in [0.15, 0.2) is 0 Å². The second-order valence-electron chi connectivity index (χ2n) is 5.21. The summed E-state index contributed by atoms with van der Waals surface area (Å²) < 4.78 is 0. The van der Waals surface area contributed by atoms with E-state index < -0.39 is 0 Å². The lowest BCUT2D eigenvalue weighted by molar-refractivity contribution is -0.0215. The van der Waals surface area contributed by atoms with Gasteiger partial charge in [-0.1, -0.05) is 20.8 Å². The Morgan fingerprint density at radius 3 is 1.47 bits per heavy atom. The Balaban J connectivity index is 5.08. The van der Waals surface area contributed by atoms with E-state index in [1.54, 1.807) is 0 Å². The van der Waals surface area contributed by atoms with Gasteiger partial charge in [-0.2, -0.15) is 0 Å². The second kappa shape index (κ2) is 5.31. The fraction of sp³-hybridized carbons (Fsp3) is 1.00. The molecule has 0 aromatic heterocycles. The summed E-state index contributed by atoms with van der Waals surface area (Å²) in [6.07, 6.45) is 1.18. The quantitative estimate of drug-likeness (QED) is 0.671. The highest BCUT2D eigenvalue weighted by Crippen LogP contribution is 2.34. The third kappa shape index (κ3) is 2.54. The van der Waals surface area contributed by atoms with Crippen molar-refractivity contribution in [2.45, 2.75) is 59.0 Å². The van der Waals surface area contributed by atoms with E-state index >= 15 is 0 Å². The molecule has 1 unspecified atom stereocenters. The van der Waals surface area contributed by atoms with Crippen molar-refractivity contribution in [3.63, 3.8) is 0 Å². The molecule has 92 valence electrons. The highest BCUT2D eigenvalue weighted by molar-refractivity contribution is 5.02. The van der Waals surface area contributed by atoms with Crippen molar-refractivity contribution in [1.82, 2.24) is 9.80 Å². The summed E-state index contributed by atoms with van der Waals surface area (Å²) in [5.41, 5.74) is 0.424. The maximum atomic E-state index is 2.47. The summed E-state index contributed by atoms with van der Waals surface area (Å²) in [6, 6.07) is 0. The molecule has 0 saturated heterocycles. The lowest BCUT2D eigenvalue weighted by Crippen LogP contribution is -2.64. The number of rotatable bonds is 6. The minimum atomic E-state index is 0.196. The Hall–Kier alpha value is -0.0800. The minimum Gasteiger partial charge on any atom is -0.300 e. The van der Waals surface area contributed by atoms with Gasteiger partial charge in [0.2, 0.25) is 0 Å². The summed E-state index contributed by atoms with van der Waals surface area (Å²) in [5, 5.41) is 0.